The Balaban J connectivity index is 2.21. The van der Waals surface area contributed by atoms with Crippen LogP contribution in [0.1, 0.15) is 5.56 Å². The molecule has 0 atom stereocenters. The number of aromatic nitrogens is 4. The first-order chi connectivity index (χ1) is 10.4. The van der Waals surface area contributed by atoms with Gasteiger partial charge >= 0.3 is 5.69 Å². The molecule has 9 nitrogen and oxygen atoms in total. The van der Waals surface area contributed by atoms with Gasteiger partial charge < -0.3 is 10.6 Å². The Morgan fingerprint density at radius 3 is 2.73 bits per heavy atom. The second-order valence-corrected chi connectivity index (χ2v) is 5.63. The number of rotatable bonds is 5. The third kappa shape index (κ3) is 3.52. The quantitative estimate of drug-likeness (QED) is 0.285. The highest BCUT2D eigenvalue weighted by Crippen LogP contribution is 2.30. The summed E-state index contributed by atoms with van der Waals surface area (Å²) in [4.78, 5) is 27.8. The topological polar surface area (TPSA) is 124 Å². The second kappa shape index (κ2) is 6.71. The molecule has 116 valence electrons. The highest BCUT2D eigenvalue weighted by atomic mass is 35.5. The number of nitrogens with zero attached hydrogens (tertiary/aromatic N) is 6. The van der Waals surface area contributed by atoms with E-state index in [9.17, 15) is 10.1 Å². The van der Waals surface area contributed by atoms with E-state index in [-0.39, 0.29) is 11.5 Å². The third-order valence-corrected chi connectivity index (χ3v) is 3.83. The predicted molar refractivity (Wildman–Crippen MR) is 84.0 cm³/mol. The maximum absolute atomic E-state index is 10.7. The Hall–Kier alpha value is -2.20. The van der Waals surface area contributed by atoms with E-state index in [2.05, 4.69) is 19.9 Å². The van der Waals surface area contributed by atoms with Crippen molar-refractivity contribution < 1.29 is 4.92 Å². The summed E-state index contributed by atoms with van der Waals surface area (Å²) in [6.07, 6.45) is 2.47. The molecule has 0 aliphatic carbocycles. The van der Waals surface area contributed by atoms with Crippen molar-refractivity contribution in [1.82, 2.24) is 19.9 Å². The smallest absolute Gasteiger partial charge is 0.329 e. The van der Waals surface area contributed by atoms with E-state index in [1.165, 1.54) is 18.1 Å². The first-order valence-corrected chi connectivity index (χ1v) is 7.33. The number of nitrogen functional groups attached to an aromatic ring is 1. The van der Waals surface area contributed by atoms with Crippen LogP contribution in [0.5, 0.6) is 0 Å². The molecule has 0 amide bonds. The minimum absolute atomic E-state index is 0.175. The van der Waals surface area contributed by atoms with Crippen molar-refractivity contribution in [2.75, 3.05) is 24.7 Å². The number of hydrogen-bond donors (Lipinski definition) is 1. The van der Waals surface area contributed by atoms with Crippen LogP contribution in [0.15, 0.2) is 17.7 Å². The van der Waals surface area contributed by atoms with Crippen LogP contribution in [-0.2, 0) is 5.75 Å². The summed E-state index contributed by atoms with van der Waals surface area (Å²) < 4.78 is 0. The van der Waals surface area contributed by atoms with Crippen LogP contribution in [-0.4, -0.2) is 39.0 Å². The fraction of sp³-hybridized carbons (Fsp3) is 0.273. The zero-order valence-electron chi connectivity index (χ0n) is 11.7. The average Bonchev–Trinajstić information content (AvgIpc) is 2.45. The van der Waals surface area contributed by atoms with Gasteiger partial charge in [0.25, 0.3) is 0 Å². The van der Waals surface area contributed by atoms with Gasteiger partial charge in [-0.2, -0.15) is 4.98 Å². The molecule has 0 bridgehead atoms. The van der Waals surface area contributed by atoms with E-state index < -0.39 is 4.92 Å². The number of anilines is 2. The van der Waals surface area contributed by atoms with Gasteiger partial charge in [0.2, 0.25) is 5.82 Å². The van der Waals surface area contributed by atoms with Crippen LogP contribution in [0.2, 0.25) is 5.15 Å². The molecule has 2 aromatic heterocycles. The molecule has 2 N–H and O–H groups in total. The van der Waals surface area contributed by atoms with Crippen LogP contribution in [0, 0.1) is 10.1 Å². The summed E-state index contributed by atoms with van der Waals surface area (Å²) >= 11 is 7.33. The van der Waals surface area contributed by atoms with Crippen molar-refractivity contribution in [1.29, 1.82) is 0 Å². The molecule has 0 aliphatic heterocycles. The molecule has 0 aromatic carbocycles. The lowest BCUT2D eigenvalue weighted by atomic mass is 10.3. The molecule has 22 heavy (non-hydrogen) atoms. The summed E-state index contributed by atoms with van der Waals surface area (Å²) in [5.74, 6) is 0.915. The Kier molecular flexibility index (Phi) is 4.93. The number of thioether (sulfide) groups is 1. The summed E-state index contributed by atoms with van der Waals surface area (Å²) in [6, 6.07) is 0. The van der Waals surface area contributed by atoms with Gasteiger partial charge in [0, 0.05) is 25.4 Å². The Morgan fingerprint density at radius 2 is 2.14 bits per heavy atom. The van der Waals surface area contributed by atoms with E-state index in [1.54, 1.807) is 0 Å². The average molecular weight is 342 g/mol. The monoisotopic (exact) mass is 341 g/mol. The Morgan fingerprint density at radius 1 is 1.41 bits per heavy atom. The Labute approximate surface area is 135 Å². The van der Waals surface area contributed by atoms with E-state index >= 15 is 0 Å². The molecule has 2 heterocycles. The number of halogens is 1. The van der Waals surface area contributed by atoms with Crippen molar-refractivity contribution in [2.45, 2.75) is 10.9 Å². The van der Waals surface area contributed by atoms with E-state index in [0.29, 0.717) is 21.9 Å². The third-order valence-electron chi connectivity index (χ3n) is 2.61. The molecule has 0 spiro atoms. The molecule has 0 saturated heterocycles. The number of nitro groups is 1. The standard InChI is InChI=1S/C11H12ClN7O2S/c1-18(2)10-6(8(12)15-5-16-10)4-22-11-14-3-7(19(20)21)9(13)17-11/h3,5H,4H2,1-2H3,(H2,13,14,17). The lowest BCUT2D eigenvalue weighted by Crippen LogP contribution is -2.13. The predicted octanol–water partition coefficient (Wildman–Crippen LogP) is 1.77. The summed E-state index contributed by atoms with van der Waals surface area (Å²) in [5.41, 5.74) is 5.94. The number of hydrogen-bond acceptors (Lipinski definition) is 9. The largest absolute Gasteiger partial charge is 0.378 e. The van der Waals surface area contributed by atoms with Gasteiger partial charge in [-0.05, 0) is 0 Å². The lowest BCUT2D eigenvalue weighted by Gasteiger charge is -2.15. The van der Waals surface area contributed by atoms with Crippen molar-refractivity contribution >= 4 is 40.7 Å². The zero-order chi connectivity index (χ0) is 16.3. The van der Waals surface area contributed by atoms with Crippen LogP contribution < -0.4 is 10.6 Å². The zero-order valence-corrected chi connectivity index (χ0v) is 13.3. The molecule has 0 saturated carbocycles. The van der Waals surface area contributed by atoms with Gasteiger partial charge in [-0.25, -0.2) is 15.0 Å². The summed E-state index contributed by atoms with van der Waals surface area (Å²) in [7, 11) is 3.68. The highest BCUT2D eigenvalue weighted by Gasteiger charge is 2.16. The molecule has 11 heteroatoms. The van der Waals surface area contributed by atoms with Gasteiger partial charge in [-0.1, -0.05) is 23.4 Å². The van der Waals surface area contributed by atoms with E-state index in [4.69, 9.17) is 17.3 Å². The van der Waals surface area contributed by atoms with Crippen molar-refractivity contribution in [2.24, 2.45) is 0 Å². The molecule has 0 unspecified atom stereocenters. The highest BCUT2D eigenvalue weighted by molar-refractivity contribution is 7.98. The van der Waals surface area contributed by atoms with E-state index in [1.807, 2.05) is 19.0 Å². The summed E-state index contributed by atoms with van der Waals surface area (Å²) in [5, 5.41) is 11.3. The molecule has 0 radical (unpaired) electrons. The van der Waals surface area contributed by atoms with Crippen LogP contribution in [0.3, 0.4) is 0 Å². The normalized spacial score (nSPS) is 10.5. The minimum atomic E-state index is -0.629. The van der Waals surface area contributed by atoms with Gasteiger partial charge in [-0.15, -0.1) is 0 Å². The molecule has 0 aliphatic rings. The first-order valence-electron chi connectivity index (χ1n) is 5.96. The van der Waals surface area contributed by atoms with Gasteiger partial charge in [-0.3, -0.25) is 10.1 Å². The van der Waals surface area contributed by atoms with Crippen LogP contribution >= 0.6 is 23.4 Å². The SMILES string of the molecule is CN(C)c1ncnc(Cl)c1CSc1ncc([N+](=O)[O-])c(N)n1. The molecule has 0 fully saturated rings. The minimum Gasteiger partial charge on any atom is -0.378 e. The van der Waals surface area contributed by atoms with Gasteiger partial charge in [0.15, 0.2) is 5.16 Å². The Bertz CT molecular complexity index is 713. The number of nitrogens with two attached hydrogens (primary N) is 1. The van der Waals surface area contributed by atoms with Crippen LogP contribution in [0.4, 0.5) is 17.3 Å². The first kappa shape index (κ1) is 16.2. The maximum atomic E-state index is 10.7. The van der Waals surface area contributed by atoms with Crippen molar-refractivity contribution in [3.63, 3.8) is 0 Å². The van der Waals surface area contributed by atoms with Crippen molar-refractivity contribution in [3.8, 4) is 0 Å². The fourth-order valence-corrected chi connectivity index (χ4v) is 2.71. The molecule has 2 rings (SSSR count). The van der Waals surface area contributed by atoms with Crippen molar-refractivity contribution in [3.05, 3.63) is 33.4 Å². The molecular weight excluding hydrogens is 330 g/mol. The van der Waals surface area contributed by atoms with Gasteiger partial charge in [0.1, 0.15) is 23.5 Å². The van der Waals surface area contributed by atoms with Crippen LogP contribution in [0.25, 0.3) is 0 Å². The maximum Gasteiger partial charge on any atom is 0.329 e. The second-order valence-electron chi connectivity index (χ2n) is 4.33. The molecular formula is C11H12ClN7O2S. The molecule has 2 aromatic rings. The lowest BCUT2D eigenvalue weighted by molar-refractivity contribution is -0.384. The van der Waals surface area contributed by atoms with E-state index in [0.717, 1.165) is 11.8 Å². The fourth-order valence-electron chi connectivity index (χ4n) is 1.61. The summed E-state index contributed by atoms with van der Waals surface area (Å²) in [6.45, 7) is 0. The van der Waals surface area contributed by atoms with Gasteiger partial charge in [0.05, 0.1) is 4.92 Å².